The van der Waals surface area contributed by atoms with Crippen molar-refractivity contribution in [2.45, 2.75) is 52.0 Å². The van der Waals surface area contributed by atoms with Crippen LogP contribution in [-0.4, -0.2) is 36.5 Å². The number of hydrogen-bond acceptors (Lipinski definition) is 2. The normalized spacial score (nSPS) is 41.2. The molecule has 108 valence electrons. The Morgan fingerprint density at radius 3 is 2.58 bits per heavy atom. The van der Waals surface area contributed by atoms with Crippen molar-refractivity contribution in [2.24, 2.45) is 23.7 Å². The van der Waals surface area contributed by atoms with E-state index < -0.39 is 0 Å². The van der Waals surface area contributed by atoms with Crippen molar-refractivity contribution in [2.75, 3.05) is 19.6 Å². The van der Waals surface area contributed by atoms with Crippen LogP contribution in [0.1, 0.15) is 46.0 Å². The summed E-state index contributed by atoms with van der Waals surface area (Å²) in [5.74, 6) is 3.08. The maximum Gasteiger partial charge on any atom is 0.226 e. The van der Waals surface area contributed by atoms with Crippen LogP contribution in [0.3, 0.4) is 0 Å². The van der Waals surface area contributed by atoms with E-state index in [1.54, 1.807) is 0 Å². The Morgan fingerprint density at radius 2 is 1.95 bits per heavy atom. The average Bonchev–Trinajstić information content (AvgIpc) is 2.91. The minimum atomic E-state index is 0.418. The summed E-state index contributed by atoms with van der Waals surface area (Å²) in [6.07, 6.45) is 6.30. The standard InChI is InChI=1S/C16H28N2O/c1-3-11-10-18(9-8-14(11)17-4-2)16(19)15-12-6-5-7-13(12)15/h11-15,17H,3-10H2,1-2H3. The van der Waals surface area contributed by atoms with E-state index in [4.69, 9.17) is 0 Å². The molecule has 1 amide bonds. The fraction of sp³-hybridized carbons (Fsp3) is 0.938. The van der Waals surface area contributed by atoms with E-state index in [0.717, 1.165) is 37.9 Å². The monoisotopic (exact) mass is 264 g/mol. The van der Waals surface area contributed by atoms with Crippen LogP contribution >= 0.6 is 0 Å². The third-order valence-electron chi connectivity index (χ3n) is 5.73. The van der Waals surface area contributed by atoms with Gasteiger partial charge >= 0.3 is 0 Å². The first kappa shape index (κ1) is 13.4. The molecule has 4 unspecified atom stereocenters. The van der Waals surface area contributed by atoms with Gasteiger partial charge in [0.2, 0.25) is 5.91 Å². The van der Waals surface area contributed by atoms with Gasteiger partial charge in [0.25, 0.3) is 0 Å². The molecular weight excluding hydrogens is 236 g/mol. The number of rotatable bonds is 4. The summed E-state index contributed by atoms with van der Waals surface area (Å²) in [6.45, 7) is 7.44. The molecule has 3 aliphatic rings. The van der Waals surface area contributed by atoms with E-state index in [1.807, 2.05) is 0 Å². The summed E-state index contributed by atoms with van der Waals surface area (Å²) in [4.78, 5) is 14.8. The molecule has 0 aromatic heterocycles. The topological polar surface area (TPSA) is 32.3 Å². The van der Waals surface area contributed by atoms with Crippen molar-refractivity contribution < 1.29 is 4.79 Å². The summed E-state index contributed by atoms with van der Waals surface area (Å²) in [5, 5.41) is 3.59. The van der Waals surface area contributed by atoms with E-state index in [-0.39, 0.29) is 0 Å². The van der Waals surface area contributed by atoms with Crippen LogP contribution in [0.2, 0.25) is 0 Å². The van der Waals surface area contributed by atoms with Gasteiger partial charge in [-0.15, -0.1) is 0 Å². The largest absolute Gasteiger partial charge is 0.342 e. The minimum absolute atomic E-state index is 0.418. The van der Waals surface area contributed by atoms with E-state index in [2.05, 4.69) is 24.1 Å². The second-order valence-electron chi connectivity index (χ2n) is 6.69. The zero-order valence-electron chi connectivity index (χ0n) is 12.4. The fourth-order valence-corrected chi connectivity index (χ4v) is 4.58. The molecule has 1 heterocycles. The van der Waals surface area contributed by atoms with Crippen molar-refractivity contribution in [3.63, 3.8) is 0 Å². The molecule has 0 aromatic rings. The van der Waals surface area contributed by atoms with Crippen molar-refractivity contribution in [3.8, 4) is 0 Å². The second-order valence-corrected chi connectivity index (χ2v) is 6.69. The van der Waals surface area contributed by atoms with Crippen LogP contribution in [-0.2, 0) is 4.79 Å². The summed E-state index contributed by atoms with van der Waals surface area (Å²) >= 11 is 0. The summed E-state index contributed by atoms with van der Waals surface area (Å²) in [5.41, 5.74) is 0. The quantitative estimate of drug-likeness (QED) is 0.845. The van der Waals surface area contributed by atoms with Gasteiger partial charge in [-0.1, -0.05) is 26.7 Å². The zero-order chi connectivity index (χ0) is 13.4. The maximum atomic E-state index is 12.6. The van der Waals surface area contributed by atoms with Gasteiger partial charge in [-0.25, -0.2) is 0 Å². The molecule has 3 rings (SSSR count). The highest BCUT2D eigenvalue weighted by Gasteiger charge is 2.57. The summed E-state index contributed by atoms with van der Waals surface area (Å²) in [7, 11) is 0. The number of carbonyl (C=O) groups excluding carboxylic acids is 1. The lowest BCUT2D eigenvalue weighted by Gasteiger charge is -2.39. The Bertz CT molecular complexity index is 334. The number of nitrogens with one attached hydrogen (secondary N) is 1. The first-order valence-corrected chi connectivity index (χ1v) is 8.28. The fourth-order valence-electron chi connectivity index (χ4n) is 4.58. The highest BCUT2D eigenvalue weighted by atomic mass is 16.2. The van der Waals surface area contributed by atoms with Crippen LogP contribution in [0.5, 0.6) is 0 Å². The molecule has 1 aliphatic heterocycles. The van der Waals surface area contributed by atoms with Gasteiger partial charge in [0, 0.05) is 25.0 Å². The van der Waals surface area contributed by atoms with Gasteiger partial charge in [0.05, 0.1) is 0 Å². The van der Waals surface area contributed by atoms with Gasteiger partial charge in [-0.2, -0.15) is 0 Å². The zero-order valence-corrected chi connectivity index (χ0v) is 12.4. The smallest absolute Gasteiger partial charge is 0.226 e. The molecule has 0 bridgehead atoms. The number of nitrogens with zero attached hydrogens (tertiary/aromatic N) is 1. The molecule has 2 saturated carbocycles. The van der Waals surface area contributed by atoms with Gasteiger partial charge in [-0.3, -0.25) is 4.79 Å². The summed E-state index contributed by atoms with van der Waals surface area (Å²) < 4.78 is 0. The summed E-state index contributed by atoms with van der Waals surface area (Å²) in [6, 6.07) is 0.623. The van der Waals surface area contributed by atoms with Crippen molar-refractivity contribution in [1.82, 2.24) is 10.2 Å². The first-order chi connectivity index (χ1) is 9.26. The van der Waals surface area contributed by atoms with Crippen LogP contribution in [0.4, 0.5) is 0 Å². The van der Waals surface area contributed by atoms with Crippen molar-refractivity contribution >= 4 is 5.91 Å². The molecule has 0 spiro atoms. The van der Waals surface area contributed by atoms with E-state index in [0.29, 0.717) is 23.8 Å². The molecule has 19 heavy (non-hydrogen) atoms. The van der Waals surface area contributed by atoms with E-state index in [1.165, 1.54) is 25.7 Å². The molecule has 3 fully saturated rings. The van der Waals surface area contributed by atoms with Crippen LogP contribution in [0.25, 0.3) is 0 Å². The maximum absolute atomic E-state index is 12.6. The molecule has 3 nitrogen and oxygen atoms in total. The van der Waals surface area contributed by atoms with Gasteiger partial charge in [-0.05, 0) is 43.6 Å². The molecular formula is C16H28N2O. The highest BCUT2D eigenvalue weighted by molar-refractivity contribution is 5.82. The predicted octanol–water partition coefficient (Wildman–Crippen LogP) is 2.27. The number of fused-ring (bicyclic) bond motifs is 1. The van der Waals surface area contributed by atoms with Gasteiger partial charge in [0.1, 0.15) is 0 Å². The molecule has 2 aliphatic carbocycles. The van der Waals surface area contributed by atoms with Gasteiger partial charge < -0.3 is 10.2 Å². The SMILES string of the molecule is CCNC1CCN(C(=O)C2C3CCCC32)CC1CC. The Hall–Kier alpha value is -0.570. The lowest BCUT2D eigenvalue weighted by atomic mass is 9.89. The van der Waals surface area contributed by atoms with Crippen molar-refractivity contribution in [1.29, 1.82) is 0 Å². The molecule has 1 N–H and O–H groups in total. The number of hydrogen-bond donors (Lipinski definition) is 1. The van der Waals surface area contributed by atoms with Gasteiger partial charge in [0.15, 0.2) is 0 Å². The second kappa shape index (κ2) is 5.43. The minimum Gasteiger partial charge on any atom is -0.342 e. The lowest BCUT2D eigenvalue weighted by Crippen LogP contribution is -2.51. The van der Waals surface area contributed by atoms with E-state index in [9.17, 15) is 4.79 Å². The highest BCUT2D eigenvalue weighted by Crippen LogP contribution is 2.58. The third kappa shape index (κ3) is 2.42. The number of amides is 1. The molecule has 3 heteroatoms. The molecule has 0 radical (unpaired) electrons. The molecule has 4 atom stereocenters. The van der Waals surface area contributed by atoms with E-state index >= 15 is 0 Å². The number of likely N-dealkylation sites (tertiary alicyclic amines) is 1. The Labute approximate surface area is 117 Å². The first-order valence-electron chi connectivity index (χ1n) is 8.28. The molecule has 1 saturated heterocycles. The Balaban J connectivity index is 1.56. The lowest BCUT2D eigenvalue weighted by molar-refractivity contribution is -0.135. The van der Waals surface area contributed by atoms with Crippen LogP contribution < -0.4 is 5.32 Å². The Kier molecular flexibility index (Phi) is 3.84. The van der Waals surface area contributed by atoms with Crippen molar-refractivity contribution in [3.05, 3.63) is 0 Å². The van der Waals surface area contributed by atoms with Crippen LogP contribution in [0, 0.1) is 23.7 Å². The average molecular weight is 264 g/mol. The number of piperidine rings is 1. The van der Waals surface area contributed by atoms with Crippen LogP contribution in [0.15, 0.2) is 0 Å². The Morgan fingerprint density at radius 1 is 1.21 bits per heavy atom. The predicted molar refractivity (Wildman–Crippen MR) is 76.8 cm³/mol. The third-order valence-corrected chi connectivity index (χ3v) is 5.73. The number of carbonyl (C=O) groups is 1. The molecule has 0 aromatic carbocycles.